The van der Waals surface area contributed by atoms with Crippen LogP contribution in [-0.2, 0) is 0 Å². The minimum absolute atomic E-state index is 0.874. The van der Waals surface area contributed by atoms with Gasteiger partial charge in [-0.05, 0) is 58.8 Å². The molecule has 1 aliphatic heterocycles. The average molecular weight is 248 g/mol. The molecule has 0 atom stereocenters. The highest BCUT2D eigenvalue weighted by Gasteiger charge is 2.12. The normalized spacial score (nSPS) is 16.1. The second-order valence-electron chi connectivity index (χ2n) is 4.98. The highest BCUT2D eigenvalue weighted by molar-refractivity contribution is 5.29. The van der Waals surface area contributed by atoms with Crippen LogP contribution in [0.4, 0.5) is 5.95 Å². The maximum atomic E-state index is 4.50. The fourth-order valence-corrected chi connectivity index (χ4v) is 2.48. The zero-order valence-electron chi connectivity index (χ0n) is 11.6. The number of aromatic nitrogens is 2. The van der Waals surface area contributed by atoms with Crippen LogP contribution in [-0.4, -0.2) is 47.6 Å². The maximum Gasteiger partial charge on any atom is 0.225 e. The summed E-state index contributed by atoms with van der Waals surface area (Å²) in [7, 11) is 0. The van der Waals surface area contributed by atoms with Crippen LogP contribution < -0.4 is 4.90 Å². The number of anilines is 1. The van der Waals surface area contributed by atoms with Crippen LogP contribution >= 0.6 is 0 Å². The Labute approximate surface area is 110 Å². The molecule has 100 valence electrons. The highest BCUT2D eigenvalue weighted by atomic mass is 15.2. The van der Waals surface area contributed by atoms with Crippen molar-refractivity contribution < 1.29 is 0 Å². The number of rotatable bonds is 6. The third-order valence-electron chi connectivity index (χ3n) is 3.55. The molecule has 0 radical (unpaired) electrons. The lowest BCUT2D eigenvalue weighted by Gasteiger charge is -2.22. The lowest BCUT2D eigenvalue weighted by atomic mass is 10.3. The van der Waals surface area contributed by atoms with Gasteiger partial charge in [0, 0.05) is 25.0 Å². The monoisotopic (exact) mass is 248 g/mol. The van der Waals surface area contributed by atoms with Crippen molar-refractivity contribution in [2.24, 2.45) is 0 Å². The fourth-order valence-electron chi connectivity index (χ4n) is 2.48. The summed E-state index contributed by atoms with van der Waals surface area (Å²) in [5.41, 5.74) is 1.04. The zero-order valence-corrected chi connectivity index (χ0v) is 11.6. The Balaban J connectivity index is 1.81. The first kappa shape index (κ1) is 13.3. The van der Waals surface area contributed by atoms with Crippen LogP contribution in [0, 0.1) is 6.92 Å². The number of likely N-dealkylation sites (tertiary alicyclic amines) is 1. The lowest BCUT2D eigenvalue weighted by Crippen LogP contribution is -2.29. The van der Waals surface area contributed by atoms with E-state index in [0.717, 1.165) is 24.7 Å². The Kier molecular flexibility index (Phi) is 4.93. The van der Waals surface area contributed by atoms with Crippen molar-refractivity contribution in [3.05, 3.63) is 18.0 Å². The van der Waals surface area contributed by atoms with Crippen molar-refractivity contribution in [1.29, 1.82) is 0 Å². The summed E-state index contributed by atoms with van der Waals surface area (Å²) in [6.07, 6.45) is 5.79. The molecule has 18 heavy (non-hydrogen) atoms. The smallest absolute Gasteiger partial charge is 0.225 e. The molecule has 0 saturated carbocycles. The van der Waals surface area contributed by atoms with Gasteiger partial charge in [-0.2, -0.15) is 0 Å². The Hall–Kier alpha value is -1.16. The molecule has 0 aliphatic carbocycles. The molecule has 0 amide bonds. The van der Waals surface area contributed by atoms with E-state index < -0.39 is 0 Å². The largest absolute Gasteiger partial charge is 0.341 e. The molecule has 0 unspecified atom stereocenters. The van der Waals surface area contributed by atoms with E-state index in [1.165, 1.54) is 38.9 Å². The molecule has 0 bridgehead atoms. The van der Waals surface area contributed by atoms with Crippen LogP contribution in [0.5, 0.6) is 0 Å². The van der Waals surface area contributed by atoms with Crippen molar-refractivity contribution in [3.63, 3.8) is 0 Å². The standard InChI is InChI=1S/C14H24N4/c1-3-18(14-15-8-7-13(2)16-14)12-6-11-17-9-4-5-10-17/h7-8H,3-6,9-12H2,1-2H3. The SMILES string of the molecule is CCN(CCCN1CCCC1)c1nccc(C)n1. The van der Waals surface area contributed by atoms with Gasteiger partial charge in [-0.3, -0.25) is 0 Å². The van der Waals surface area contributed by atoms with Crippen molar-refractivity contribution in [2.45, 2.75) is 33.1 Å². The summed E-state index contributed by atoms with van der Waals surface area (Å²) < 4.78 is 0. The Morgan fingerprint density at radius 2 is 2.11 bits per heavy atom. The number of hydrogen-bond donors (Lipinski definition) is 0. The maximum absolute atomic E-state index is 4.50. The zero-order chi connectivity index (χ0) is 12.8. The van der Waals surface area contributed by atoms with E-state index in [1.54, 1.807) is 0 Å². The molecule has 1 aromatic rings. The molecular formula is C14H24N4. The molecule has 0 spiro atoms. The molecule has 1 saturated heterocycles. The first-order valence-electron chi connectivity index (χ1n) is 7.06. The minimum atomic E-state index is 0.874. The summed E-state index contributed by atoms with van der Waals surface area (Å²) in [6, 6.07) is 1.95. The van der Waals surface area contributed by atoms with Crippen molar-refractivity contribution in [1.82, 2.24) is 14.9 Å². The van der Waals surface area contributed by atoms with E-state index in [0.29, 0.717) is 0 Å². The lowest BCUT2D eigenvalue weighted by molar-refractivity contribution is 0.334. The van der Waals surface area contributed by atoms with Gasteiger partial charge in [-0.15, -0.1) is 0 Å². The van der Waals surface area contributed by atoms with Gasteiger partial charge < -0.3 is 9.80 Å². The van der Waals surface area contributed by atoms with E-state index in [9.17, 15) is 0 Å². The van der Waals surface area contributed by atoms with Crippen LogP contribution in [0.1, 0.15) is 31.9 Å². The molecule has 4 heteroatoms. The number of nitrogens with zero attached hydrogens (tertiary/aromatic N) is 4. The van der Waals surface area contributed by atoms with Crippen LogP contribution in [0.15, 0.2) is 12.3 Å². The summed E-state index contributed by atoms with van der Waals surface area (Å²) in [6.45, 7) is 9.99. The topological polar surface area (TPSA) is 32.3 Å². The van der Waals surface area contributed by atoms with Gasteiger partial charge in [-0.1, -0.05) is 0 Å². The fraction of sp³-hybridized carbons (Fsp3) is 0.714. The quantitative estimate of drug-likeness (QED) is 0.771. The molecule has 1 aliphatic rings. The predicted molar refractivity (Wildman–Crippen MR) is 74.9 cm³/mol. The first-order chi connectivity index (χ1) is 8.79. The molecule has 2 heterocycles. The Bertz CT molecular complexity index is 361. The van der Waals surface area contributed by atoms with Crippen molar-refractivity contribution in [3.8, 4) is 0 Å². The second-order valence-corrected chi connectivity index (χ2v) is 4.98. The van der Waals surface area contributed by atoms with Crippen molar-refractivity contribution in [2.75, 3.05) is 37.6 Å². The summed E-state index contributed by atoms with van der Waals surface area (Å²) >= 11 is 0. The number of hydrogen-bond acceptors (Lipinski definition) is 4. The van der Waals surface area contributed by atoms with E-state index in [4.69, 9.17) is 0 Å². The Morgan fingerprint density at radius 1 is 1.33 bits per heavy atom. The van der Waals surface area contributed by atoms with Crippen molar-refractivity contribution >= 4 is 5.95 Å². The third kappa shape index (κ3) is 3.67. The molecule has 1 fully saturated rings. The molecule has 1 aromatic heterocycles. The summed E-state index contributed by atoms with van der Waals surface area (Å²) in [5.74, 6) is 0.874. The molecule has 4 nitrogen and oxygen atoms in total. The number of aryl methyl sites for hydroxylation is 1. The third-order valence-corrected chi connectivity index (χ3v) is 3.55. The molecular weight excluding hydrogens is 224 g/mol. The van der Waals surface area contributed by atoms with Gasteiger partial charge in [0.1, 0.15) is 0 Å². The van der Waals surface area contributed by atoms with Gasteiger partial charge in [0.15, 0.2) is 0 Å². The second kappa shape index (κ2) is 6.69. The highest BCUT2D eigenvalue weighted by Crippen LogP contribution is 2.10. The molecule has 0 N–H and O–H groups in total. The van der Waals surface area contributed by atoms with Crippen LogP contribution in [0.3, 0.4) is 0 Å². The van der Waals surface area contributed by atoms with E-state index in [2.05, 4.69) is 26.7 Å². The summed E-state index contributed by atoms with van der Waals surface area (Å²) in [4.78, 5) is 13.7. The Morgan fingerprint density at radius 3 is 2.78 bits per heavy atom. The van der Waals surface area contributed by atoms with E-state index >= 15 is 0 Å². The van der Waals surface area contributed by atoms with Gasteiger partial charge in [0.2, 0.25) is 5.95 Å². The minimum Gasteiger partial charge on any atom is -0.341 e. The summed E-state index contributed by atoms with van der Waals surface area (Å²) in [5, 5.41) is 0. The van der Waals surface area contributed by atoms with Gasteiger partial charge in [0.05, 0.1) is 0 Å². The molecule has 2 rings (SSSR count). The van der Waals surface area contributed by atoms with Crippen LogP contribution in [0.25, 0.3) is 0 Å². The first-order valence-corrected chi connectivity index (χ1v) is 7.06. The van der Waals surface area contributed by atoms with Crippen LogP contribution in [0.2, 0.25) is 0 Å². The van der Waals surface area contributed by atoms with Gasteiger partial charge in [-0.25, -0.2) is 9.97 Å². The molecule has 0 aromatic carbocycles. The predicted octanol–water partition coefficient (Wildman–Crippen LogP) is 2.10. The van der Waals surface area contributed by atoms with Gasteiger partial charge in [0.25, 0.3) is 0 Å². The van der Waals surface area contributed by atoms with E-state index in [1.807, 2.05) is 19.2 Å². The average Bonchev–Trinajstić information content (AvgIpc) is 2.88. The van der Waals surface area contributed by atoms with E-state index in [-0.39, 0.29) is 0 Å². The van der Waals surface area contributed by atoms with Gasteiger partial charge >= 0.3 is 0 Å².